The minimum Gasteiger partial charge on any atom is -0.390 e. The Morgan fingerprint density at radius 2 is 1.87 bits per heavy atom. The molecule has 9 nitrogen and oxygen atoms in total. The van der Waals surface area contributed by atoms with Crippen molar-refractivity contribution in [1.29, 1.82) is 0 Å². The van der Waals surface area contributed by atoms with Gasteiger partial charge in [0.15, 0.2) is 5.65 Å². The van der Waals surface area contributed by atoms with Crippen LogP contribution in [0.5, 0.6) is 0 Å². The van der Waals surface area contributed by atoms with E-state index >= 15 is 0 Å². The first-order chi connectivity index (χ1) is 14.3. The molecule has 1 aliphatic heterocycles. The second kappa shape index (κ2) is 7.02. The molecule has 160 valence electrons. The van der Waals surface area contributed by atoms with Crippen LogP contribution >= 0.6 is 0 Å². The lowest BCUT2D eigenvalue weighted by atomic mass is 9.65. The van der Waals surface area contributed by atoms with E-state index in [0.717, 1.165) is 18.4 Å². The minimum absolute atomic E-state index is 0.0756. The van der Waals surface area contributed by atoms with Gasteiger partial charge in [0.2, 0.25) is 5.91 Å². The van der Waals surface area contributed by atoms with Gasteiger partial charge in [0.1, 0.15) is 5.56 Å². The number of aliphatic hydroxyl groups is 2. The molecule has 9 heteroatoms. The highest BCUT2D eigenvalue weighted by Crippen LogP contribution is 2.44. The maximum atomic E-state index is 13.3. The molecule has 1 saturated heterocycles. The number of aliphatic hydroxyl groups excluding tert-OH is 2. The monoisotopic (exact) mass is 413 g/mol. The fourth-order valence-corrected chi connectivity index (χ4v) is 5.18. The SMILES string of the molecule is Cc1cnc2c(C(=O)N3C[C@@H]4[C@H](O)[C@@H](O)[C@H](C)[C@H](C(=O)NC5CC5)[C@H]4C3)cnn2c1. The van der Waals surface area contributed by atoms with Crippen LogP contribution in [0.1, 0.15) is 35.7 Å². The molecule has 3 N–H and O–H groups in total. The van der Waals surface area contributed by atoms with Gasteiger partial charge in [0.25, 0.3) is 5.91 Å². The summed E-state index contributed by atoms with van der Waals surface area (Å²) in [6, 6.07) is 0.222. The number of nitrogens with zero attached hydrogens (tertiary/aromatic N) is 4. The summed E-state index contributed by atoms with van der Waals surface area (Å²) in [5.74, 6) is -1.64. The number of fused-ring (bicyclic) bond motifs is 2. The van der Waals surface area contributed by atoms with Gasteiger partial charge in [0.05, 0.1) is 18.4 Å². The lowest BCUT2D eigenvalue weighted by molar-refractivity contribution is -0.145. The Balaban J connectivity index is 1.42. The molecule has 0 spiro atoms. The first kappa shape index (κ1) is 19.4. The van der Waals surface area contributed by atoms with Crippen molar-refractivity contribution < 1.29 is 19.8 Å². The molecular formula is C21H27N5O4. The number of hydrogen-bond acceptors (Lipinski definition) is 6. The zero-order valence-electron chi connectivity index (χ0n) is 17.1. The van der Waals surface area contributed by atoms with Gasteiger partial charge in [-0.3, -0.25) is 9.59 Å². The van der Waals surface area contributed by atoms with Crippen LogP contribution in [0.2, 0.25) is 0 Å². The lowest BCUT2D eigenvalue weighted by Crippen LogP contribution is -2.55. The van der Waals surface area contributed by atoms with Crippen molar-refractivity contribution in [3.63, 3.8) is 0 Å². The van der Waals surface area contributed by atoms with E-state index in [0.29, 0.717) is 24.3 Å². The largest absolute Gasteiger partial charge is 0.390 e. The fraction of sp³-hybridized carbons (Fsp3) is 0.619. The van der Waals surface area contributed by atoms with Gasteiger partial charge in [-0.25, -0.2) is 9.50 Å². The number of aryl methyl sites for hydroxylation is 1. The summed E-state index contributed by atoms with van der Waals surface area (Å²) < 4.78 is 1.58. The maximum absolute atomic E-state index is 13.3. The Kier molecular flexibility index (Phi) is 4.55. The molecular weight excluding hydrogens is 386 g/mol. The van der Waals surface area contributed by atoms with E-state index in [1.54, 1.807) is 15.6 Å². The summed E-state index contributed by atoms with van der Waals surface area (Å²) in [5, 5.41) is 28.6. The molecule has 3 fully saturated rings. The molecule has 0 aromatic carbocycles. The summed E-state index contributed by atoms with van der Waals surface area (Å²) in [5.41, 5.74) is 1.82. The maximum Gasteiger partial charge on any atom is 0.259 e. The van der Waals surface area contributed by atoms with E-state index in [9.17, 15) is 19.8 Å². The summed E-state index contributed by atoms with van der Waals surface area (Å²) in [6.07, 6.45) is 5.03. The molecule has 2 aromatic heterocycles. The first-order valence-electron chi connectivity index (χ1n) is 10.6. The number of carbonyl (C=O) groups excluding carboxylic acids is 2. The molecule has 2 saturated carbocycles. The van der Waals surface area contributed by atoms with E-state index < -0.39 is 18.1 Å². The number of carbonyl (C=O) groups is 2. The molecule has 0 bridgehead atoms. The van der Waals surface area contributed by atoms with Crippen LogP contribution in [0.25, 0.3) is 5.65 Å². The van der Waals surface area contributed by atoms with Gasteiger partial charge >= 0.3 is 0 Å². The molecule has 2 aliphatic carbocycles. The molecule has 2 aromatic rings. The van der Waals surface area contributed by atoms with E-state index in [1.165, 1.54) is 6.20 Å². The van der Waals surface area contributed by atoms with E-state index in [1.807, 2.05) is 20.0 Å². The van der Waals surface area contributed by atoms with E-state index in [-0.39, 0.29) is 35.6 Å². The number of aromatic nitrogens is 3. The normalized spacial score (nSPS) is 33.5. The minimum atomic E-state index is -0.988. The van der Waals surface area contributed by atoms with Crippen molar-refractivity contribution in [2.24, 2.45) is 23.7 Å². The molecule has 0 unspecified atom stereocenters. The summed E-state index contributed by atoms with van der Waals surface area (Å²) in [4.78, 5) is 32.2. The number of nitrogens with one attached hydrogen (secondary N) is 1. The third kappa shape index (κ3) is 3.07. The average Bonchev–Trinajstić information content (AvgIpc) is 3.26. The van der Waals surface area contributed by atoms with Crippen LogP contribution in [0.3, 0.4) is 0 Å². The van der Waals surface area contributed by atoms with Crippen LogP contribution < -0.4 is 5.32 Å². The van der Waals surface area contributed by atoms with Crippen molar-refractivity contribution in [2.75, 3.05) is 13.1 Å². The second-order valence-electron chi connectivity index (χ2n) is 9.14. The Morgan fingerprint density at radius 3 is 2.60 bits per heavy atom. The van der Waals surface area contributed by atoms with Crippen LogP contribution in [-0.2, 0) is 4.79 Å². The van der Waals surface area contributed by atoms with Crippen molar-refractivity contribution >= 4 is 17.5 Å². The Labute approximate surface area is 174 Å². The lowest BCUT2D eigenvalue weighted by Gasteiger charge is -2.43. The molecule has 6 atom stereocenters. The van der Waals surface area contributed by atoms with Crippen molar-refractivity contribution in [2.45, 2.75) is 44.9 Å². The average molecular weight is 413 g/mol. The molecule has 3 aliphatic rings. The van der Waals surface area contributed by atoms with Gasteiger partial charge in [-0.05, 0) is 37.2 Å². The molecule has 30 heavy (non-hydrogen) atoms. The van der Waals surface area contributed by atoms with Crippen molar-refractivity contribution in [3.8, 4) is 0 Å². The molecule has 0 radical (unpaired) electrons. The zero-order valence-corrected chi connectivity index (χ0v) is 17.1. The first-order valence-corrected chi connectivity index (χ1v) is 10.6. The number of amides is 2. The van der Waals surface area contributed by atoms with Gasteiger partial charge in [-0.15, -0.1) is 0 Å². The highest BCUT2D eigenvalue weighted by Gasteiger charge is 2.55. The number of likely N-dealkylation sites (tertiary alicyclic amines) is 1. The van der Waals surface area contributed by atoms with Crippen LogP contribution in [-0.4, -0.2) is 72.9 Å². The van der Waals surface area contributed by atoms with Gasteiger partial charge in [-0.2, -0.15) is 5.10 Å². The fourth-order valence-electron chi connectivity index (χ4n) is 5.18. The smallest absolute Gasteiger partial charge is 0.259 e. The highest BCUT2D eigenvalue weighted by atomic mass is 16.3. The summed E-state index contributed by atoms with van der Waals surface area (Å²) in [7, 11) is 0. The Bertz CT molecular complexity index is 1000. The zero-order chi connectivity index (χ0) is 21.2. The van der Waals surface area contributed by atoms with Crippen LogP contribution in [0.15, 0.2) is 18.6 Å². The van der Waals surface area contributed by atoms with E-state index in [2.05, 4.69) is 15.4 Å². The molecule has 3 heterocycles. The summed E-state index contributed by atoms with van der Waals surface area (Å²) in [6.45, 7) is 4.37. The Morgan fingerprint density at radius 1 is 1.13 bits per heavy atom. The van der Waals surface area contributed by atoms with Gasteiger partial charge in [-0.1, -0.05) is 6.92 Å². The number of rotatable bonds is 3. The molecule has 2 amide bonds. The predicted molar refractivity (Wildman–Crippen MR) is 106 cm³/mol. The van der Waals surface area contributed by atoms with Crippen LogP contribution in [0.4, 0.5) is 0 Å². The predicted octanol–water partition coefficient (Wildman–Crippen LogP) is -0.00778. The topological polar surface area (TPSA) is 120 Å². The van der Waals surface area contributed by atoms with E-state index in [4.69, 9.17) is 0 Å². The highest BCUT2D eigenvalue weighted by molar-refractivity contribution is 5.99. The van der Waals surface area contributed by atoms with Gasteiger partial charge < -0.3 is 20.4 Å². The standard InChI is InChI=1S/C21H27N5O4/c1-10-5-22-19-13(6-23-26(19)7-10)21(30)25-8-14-15(9-25)18(28)17(27)11(2)16(14)20(29)24-12-3-4-12/h5-7,11-12,14-18,27-28H,3-4,8-9H2,1-2H3,(H,24,29)/t11-,14+,15+,16+,17+,18+/m1/s1. The Hall–Kier alpha value is -2.52. The number of hydrogen-bond donors (Lipinski definition) is 3. The quantitative estimate of drug-likeness (QED) is 0.651. The third-order valence-electron chi connectivity index (χ3n) is 7.00. The molecule has 5 rings (SSSR count). The van der Waals surface area contributed by atoms with Crippen LogP contribution in [0, 0.1) is 30.6 Å². The third-order valence-corrected chi connectivity index (χ3v) is 7.00. The summed E-state index contributed by atoms with van der Waals surface area (Å²) >= 11 is 0. The van der Waals surface area contributed by atoms with Gasteiger partial charge in [0, 0.05) is 43.4 Å². The van der Waals surface area contributed by atoms with Crippen molar-refractivity contribution in [3.05, 3.63) is 29.7 Å². The van der Waals surface area contributed by atoms with Crippen molar-refractivity contribution in [1.82, 2.24) is 24.8 Å². The second-order valence-corrected chi connectivity index (χ2v) is 9.14.